The second-order valence-electron chi connectivity index (χ2n) is 8.75. The van der Waals surface area contributed by atoms with E-state index in [1.54, 1.807) is 31.4 Å². The molecule has 0 aliphatic rings. The second kappa shape index (κ2) is 14.5. The first-order valence-corrected chi connectivity index (χ1v) is 14.3. The first-order valence-electron chi connectivity index (χ1n) is 12.5. The predicted octanol–water partition coefficient (Wildman–Crippen LogP) is 3.20. The van der Waals surface area contributed by atoms with E-state index in [4.69, 9.17) is 14.2 Å². The zero-order valence-electron chi connectivity index (χ0n) is 23.0. The zero-order chi connectivity index (χ0) is 28.3. The minimum Gasteiger partial charge on any atom is -0.497 e. The van der Waals surface area contributed by atoms with Crippen molar-refractivity contribution in [2.24, 2.45) is 0 Å². The van der Waals surface area contributed by atoms with Gasteiger partial charge in [0.05, 0.1) is 33.3 Å². The van der Waals surface area contributed by atoms with Crippen molar-refractivity contribution in [1.29, 1.82) is 0 Å². The minimum atomic E-state index is -3.90. The average Bonchev–Trinajstić information content (AvgIpc) is 2.91. The Morgan fingerprint density at radius 2 is 1.58 bits per heavy atom. The van der Waals surface area contributed by atoms with Crippen molar-refractivity contribution in [1.82, 2.24) is 10.2 Å². The number of nitrogens with zero attached hydrogens (tertiary/aromatic N) is 2. The number of carbonyl (C=O) groups excluding carboxylic acids is 2. The van der Waals surface area contributed by atoms with E-state index in [0.717, 1.165) is 29.0 Å². The second-order valence-corrected chi connectivity index (χ2v) is 10.7. The van der Waals surface area contributed by atoms with Gasteiger partial charge in [-0.25, -0.2) is 8.42 Å². The molecule has 2 aromatic rings. The van der Waals surface area contributed by atoms with E-state index >= 15 is 0 Å². The van der Waals surface area contributed by atoms with Crippen LogP contribution in [0.1, 0.15) is 38.7 Å². The fraction of sp³-hybridized carbons (Fsp3) is 0.481. The van der Waals surface area contributed by atoms with Crippen molar-refractivity contribution in [3.8, 4) is 17.2 Å². The Morgan fingerprint density at radius 1 is 0.947 bits per heavy atom. The monoisotopic (exact) mass is 549 g/mol. The van der Waals surface area contributed by atoms with Crippen molar-refractivity contribution >= 4 is 27.5 Å². The highest BCUT2D eigenvalue weighted by Gasteiger charge is 2.32. The van der Waals surface area contributed by atoms with E-state index < -0.39 is 28.5 Å². The minimum absolute atomic E-state index is 0.111. The summed E-state index contributed by atoms with van der Waals surface area (Å²) in [4.78, 5) is 28.4. The molecule has 0 saturated carbocycles. The van der Waals surface area contributed by atoms with Crippen LogP contribution in [-0.4, -0.2) is 71.8 Å². The number of carbonyl (C=O) groups is 2. The summed E-state index contributed by atoms with van der Waals surface area (Å²) >= 11 is 0. The number of benzene rings is 2. The van der Waals surface area contributed by atoms with Crippen LogP contribution in [-0.2, 0) is 26.2 Å². The van der Waals surface area contributed by atoms with Gasteiger partial charge in [0.15, 0.2) is 0 Å². The molecular weight excluding hydrogens is 510 g/mol. The third-order valence-electron chi connectivity index (χ3n) is 6.06. The highest BCUT2D eigenvalue weighted by Crippen LogP contribution is 2.33. The van der Waals surface area contributed by atoms with E-state index in [1.807, 2.05) is 26.0 Å². The van der Waals surface area contributed by atoms with Crippen LogP contribution in [0.15, 0.2) is 42.5 Å². The number of methoxy groups -OCH3 is 3. The molecule has 2 rings (SSSR count). The zero-order valence-corrected chi connectivity index (χ0v) is 23.8. The molecule has 210 valence electrons. The van der Waals surface area contributed by atoms with Gasteiger partial charge in [-0.05, 0) is 42.7 Å². The van der Waals surface area contributed by atoms with Crippen LogP contribution in [0.25, 0.3) is 0 Å². The fourth-order valence-electron chi connectivity index (χ4n) is 3.94. The molecule has 0 bridgehead atoms. The number of hydrogen-bond donors (Lipinski definition) is 1. The van der Waals surface area contributed by atoms with Gasteiger partial charge < -0.3 is 24.4 Å². The molecule has 1 atom stereocenters. The summed E-state index contributed by atoms with van der Waals surface area (Å²) in [5, 5.41) is 2.90. The van der Waals surface area contributed by atoms with E-state index in [2.05, 4.69) is 5.32 Å². The lowest BCUT2D eigenvalue weighted by molar-refractivity contribution is -0.140. The lowest BCUT2D eigenvalue weighted by atomic mass is 10.1. The van der Waals surface area contributed by atoms with Gasteiger partial charge in [0, 0.05) is 19.2 Å². The summed E-state index contributed by atoms with van der Waals surface area (Å²) in [7, 11) is 0.551. The first-order chi connectivity index (χ1) is 18.1. The van der Waals surface area contributed by atoms with Crippen LogP contribution >= 0.6 is 0 Å². The predicted molar refractivity (Wildman–Crippen MR) is 147 cm³/mol. The molecule has 1 N–H and O–H groups in total. The molecule has 0 heterocycles. The largest absolute Gasteiger partial charge is 0.497 e. The number of rotatable bonds is 15. The van der Waals surface area contributed by atoms with E-state index in [9.17, 15) is 18.0 Å². The maximum Gasteiger partial charge on any atom is 0.244 e. The van der Waals surface area contributed by atoms with E-state index in [1.165, 1.54) is 25.2 Å². The van der Waals surface area contributed by atoms with Gasteiger partial charge in [-0.15, -0.1) is 0 Å². The van der Waals surface area contributed by atoms with Gasteiger partial charge in [-0.1, -0.05) is 32.4 Å². The number of unbranched alkanes of at least 4 members (excludes halogenated alkanes) is 1. The number of sulfonamides is 1. The van der Waals surface area contributed by atoms with Gasteiger partial charge in [-0.2, -0.15) is 0 Å². The van der Waals surface area contributed by atoms with Crippen molar-refractivity contribution in [2.45, 2.75) is 45.7 Å². The lowest BCUT2D eigenvalue weighted by Crippen LogP contribution is -2.52. The third kappa shape index (κ3) is 8.27. The Bertz CT molecular complexity index is 1170. The number of hydrogen-bond acceptors (Lipinski definition) is 7. The quantitative estimate of drug-likeness (QED) is 0.339. The molecule has 0 aliphatic carbocycles. The molecule has 2 aromatic carbocycles. The number of amides is 2. The molecule has 0 unspecified atom stereocenters. The first kappa shape index (κ1) is 30.8. The molecule has 38 heavy (non-hydrogen) atoms. The van der Waals surface area contributed by atoms with Gasteiger partial charge in [0.1, 0.15) is 29.8 Å². The Labute approximate surface area is 225 Å². The maximum absolute atomic E-state index is 13.8. The summed E-state index contributed by atoms with van der Waals surface area (Å²) in [5.74, 6) is 0.554. The Balaban J connectivity index is 2.47. The molecule has 2 amide bonds. The average molecular weight is 550 g/mol. The van der Waals surface area contributed by atoms with Crippen LogP contribution in [0.5, 0.6) is 17.2 Å². The highest BCUT2D eigenvalue weighted by molar-refractivity contribution is 7.92. The molecule has 0 spiro atoms. The number of anilines is 1. The van der Waals surface area contributed by atoms with Crippen LogP contribution in [0.2, 0.25) is 0 Å². The van der Waals surface area contributed by atoms with Crippen molar-refractivity contribution in [2.75, 3.05) is 45.0 Å². The van der Waals surface area contributed by atoms with E-state index in [0.29, 0.717) is 24.5 Å². The van der Waals surface area contributed by atoms with Crippen LogP contribution in [0.3, 0.4) is 0 Å². The normalized spacial score (nSPS) is 11.8. The highest BCUT2D eigenvalue weighted by atomic mass is 32.2. The summed E-state index contributed by atoms with van der Waals surface area (Å²) in [5.41, 5.74) is 0.959. The maximum atomic E-state index is 13.8. The topological polar surface area (TPSA) is 114 Å². The Morgan fingerprint density at radius 3 is 2.11 bits per heavy atom. The van der Waals surface area contributed by atoms with Crippen molar-refractivity contribution in [3.63, 3.8) is 0 Å². The smallest absolute Gasteiger partial charge is 0.244 e. The lowest BCUT2D eigenvalue weighted by Gasteiger charge is -2.33. The van der Waals surface area contributed by atoms with Crippen LogP contribution in [0.4, 0.5) is 5.69 Å². The standard InChI is InChI=1S/C27H39N3O7S/c1-7-9-16-28-27(32)23(8-2)29(18-20-10-12-21(35-3)13-11-20)26(31)19-30(38(6,33)34)24-15-14-22(36-4)17-25(24)37-5/h10-15,17,23H,7-9,16,18-19H2,1-6H3,(H,28,32)/t23-/m1/s1. The molecule has 0 aliphatic heterocycles. The van der Waals surface area contributed by atoms with Crippen LogP contribution < -0.4 is 23.8 Å². The van der Waals surface area contributed by atoms with Gasteiger partial charge in [0.2, 0.25) is 21.8 Å². The van der Waals surface area contributed by atoms with Gasteiger partial charge in [0.25, 0.3) is 0 Å². The molecule has 0 fully saturated rings. The summed E-state index contributed by atoms with van der Waals surface area (Å²) in [6, 6.07) is 11.0. The van der Waals surface area contributed by atoms with Crippen LogP contribution in [0, 0.1) is 0 Å². The summed E-state index contributed by atoms with van der Waals surface area (Å²) in [6.45, 7) is 3.93. The number of ether oxygens (including phenoxy) is 3. The molecule has 11 heteroatoms. The fourth-order valence-corrected chi connectivity index (χ4v) is 4.79. The Kier molecular flexibility index (Phi) is 11.7. The van der Waals surface area contributed by atoms with Gasteiger partial charge >= 0.3 is 0 Å². The molecule has 0 radical (unpaired) electrons. The summed E-state index contributed by atoms with van der Waals surface area (Å²) in [6.07, 6.45) is 3.10. The molecule has 0 saturated heterocycles. The van der Waals surface area contributed by atoms with E-state index in [-0.39, 0.29) is 23.9 Å². The molecular formula is C27H39N3O7S. The van der Waals surface area contributed by atoms with Gasteiger partial charge in [-0.3, -0.25) is 13.9 Å². The van der Waals surface area contributed by atoms with Crippen molar-refractivity contribution < 1.29 is 32.2 Å². The number of nitrogens with one attached hydrogen (secondary N) is 1. The Hall–Kier alpha value is -3.47. The molecule has 0 aromatic heterocycles. The molecule has 10 nitrogen and oxygen atoms in total. The third-order valence-corrected chi connectivity index (χ3v) is 7.19. The SMILES string of the molecule is CCCCNC(=O)[C@@H](CC)N(Cc1ccc(OC)cc1)C(=O)CN(c1ccc(OC)cc1OC)S(C)(=O)=O. The summed E-state index contributed by atoms with van der Waals surface area (Å²) < 4.78 is 42.5. The van der Waals surface area contributed by atoms with Crippen molar-refractivity contribution in [3.05, 3.63) is 48.0 Å².